The molecule has 164 valence electrons. The quantitative estimate of drug-likeness (QED) is 0.561. The van der Waals surface area contributed by atoms with E-state index in [4.69, 9.17) is 24.1 Å². The Kier molecular flexibility index (Phi) is 5.76. The largest absolute Gasteiger partial charge is 0.493 e. The molecule has 1 N–H and O–H groups in total. The first-order valence-electron chi connectivity index (χ1n) is 10.4. The zero-order chi connectivity index (χ0) is 22.0. The van der Waals surface area contributed by atoms with Crippen molar-refractivity contribution in [3.05, 3.63) is 41.5 Å². The molecular formula is C24H26O7. The average Bonchev–Trinajstić information content (AvgIpc) is 3.45. The number of methoxy groups -OCH3 is 2. The van der Waals surface area contributed by atoms with Gasteiger partial charge in [0.05, 0.1) is 26.4 Å². The number of carboxylic acids is 1. The van der Waals surface area contributed by atoms with E-state index in [1.807, 2.05) is 24.3 Å². The lowest BCUT2D eigenvalue weighted by molar-refractivity contribution is -0.137. The second-order valence-corrected chi connectivity index (χ2v) is 8.16. The van der Waals surface area contributed by atoms with E-state index in [1.54, 1.807) is 20.3 Å². The first-order chi connectivity index (χ1) is 15.0. The van der Waals surface area contributed by atoms with Crippen molar-refractivity contribution in [1.29, 1.82) is 0 Å². The lowest BCUT2D eigenvalue weighted by Crippen LogP contribution is -2.15. The van der Waals surface area contributed by atoms with Crippen LogP contribution >= 0.6 is 0 Å². The van der Waals surface area contributed by atoms with Crippen molar-refractivity contribution in [1.82, 2.24) is 0 Å². The highest BCUT2D eigenvalue weighted by atomic mass is 16.5. The van der Waals surface area contributed by atoms with Crippen LogP contribution in [-0.4, -0.2) is 37.9 Å². The van der Waals surface area contributed by atoms with E-state index in [2.05, 4.69) is 0 Å². The molecule has 1 aliphatic heterocycles. The van der Waals surface area contributed by atoms with Crippen molar-refractivity contribution in [3.63, 3.8) is 0 Å². The Labute approximate surface area is 180 Å². The number of carbonyl (C=O) groups excluding carboxylic acids is 1. The molecule has 0 spiro atoms. The maximum Gasteiger partial charge on any atom is 0.338 e. The molecule has 1 aliphatic carbocycles. The second kappa shape index (κ2) is 8.49. The molecule has 1 saturated carbocycles. The SMILES string of the molecule is COc1ccc(-c2ccc3c(c2)COC3=O)c(OCC2(CCCC(=O)O)CC2)c1OC. The van der Waals surface area contributed by atoms with E-state index in [-0.39, 0.29) is 24.4 Å². The minimum absolute atomic E-state index is 0.0129. The van der Waals surface area contributed by atoms with Crippen LogP contribution in [0.5, 0.6) is 17.2 Å². The molecule has 0 amide bonds. The van der Waals surface area contributed by atoms with Crippen LogP contribution in [-0.2, 0) is 16.1 Å². The highest BCUT2D eigenvalue weighted by Gasteiger charge is 2.43. The third-order valence-electron chi connectivity index (χ3n) is 6.07. The van der Waals surface area contributed by atoms with Gasteiger partial charge in [0.15, 0.2) is 11.5 Å². The van der Waals surface area contributed by atoms with Crippen LogP contribution in [0.1, 0.15) is 48.0 Å². The zero-order valence-electron chi connectivity index (χ0n) is 17.7. The summed E-state index contributed by atoms with van der Waals surface area (Å²) < 4.78 is 22.5. The van der Waals surface area contributed by atoms with Crippen LogP contribution in [0.25, 0.3) is 11.1 Å². The maximum atomic E-state index is 11.8. The summed E-state index contributed by atoms with van der Waals surface area (Å²) in [6.07, 6.45) is 3.67. The van der Waals surface area contributed by atoms with Crippen LogP contribution < -0.4 is 14.2 Å². The minimum Gasteiger partial charge on any atom is -0.493 e. The zero-order valence-corrected chi connectivity index (χ0v) is 17.7. The van der Waals surface area contributed by atoms with Gasteiger partial charge in [-0.3, -0.25) is 4.79 Å². The van der Waals surface area contributed by atoms with Crippen molar-refractivity contribution in [2.45, 2.75) is 38.7 Å². The van der Waals surface area contributed by atoms with Gasteiger partial charge >= 0.3 is 11.9 Å². The second-order valence-electron chi connectivity index (χ2n) is 8.16. The standard InChI is InChI=1S/C24H26O7/c1-28-19-8-7-17(15-5-6-18-16(12-15)13-30-23(18)27)21(22(19)29-2)31-14-24(10-11-24)9-3-4-20(25)26/h5-8,12H,3-4,9-11,13-14H2,1-2H3,(H,25,26). The molecule has 2 aliphatic rings. The van der Waals surface area contributed by atoms with E-state index < -0.39 is 5.97 Å². The Balaban J connectivity index is 1.63. The summed E-state index contributed by atoms with van der Waals surface area (Å²) in [5, 5.41) is 8.92. The molecule has 0 atom stereocenters. The van der Waals surface area contributed by atoms with Crippen LogP contribution in [0.4, 0.5) is 0 Å². The first-order valence-corrected chi connectivity index (χ1v) is 10.4. The Morgan fingerprint density at radius 1 is 1.10 bits per heavy atom. The lowest BCUT2D eigenvalue weighted by atomic mass is 9.98. The van der Waals surface area contributed by atoms with Crippen LogP contribution in [0.15, 0.2) is 30.3 Å². The fraction of sp³-hybridized carbons (Fsp3) is 0.417. The number of carboxylic acid groups (broad SMARTS) is 1. The third kappa shape index (κ3) is 4.31. The van der Waals surface area contributed by atoms with E-state index in [0.29, 0.717) is 35.8 Å². The van der Waals surface area contributed by atoms with Crippen molar-refractivity contribution in [2.24, 2.45) is 5.41 Å². The molecule has 0 bridgehead atoms. The molecule has 7 heteroatoms. The number of aliphatic carboxylic acids is 1. The summed E-state index contributed by atoms with van der Waals surface area (Å²) in [6, 6.07) is 9.33. The fourth-order valence-electron chi connectivity index (χ4n) is 4.05. The number of esters is 1. The van der Waals surface area contributed by atoms with Crippen molar-refractivity contribution < 1.29 is 33.6 Å². The van der Waals surface area contributed by atoms with Gasteiger partial charge in [-0.25, -0.2) is 4.79 Å². The number of rotatable bonds is 10. The van der Waals surface area contributed by atoms with E-state index in [0.717, 1.165) is 36.0 Å². The molecule has 2 aromatic carbocycles. The number of hydrogen-bond donors (Lipinski definition) is 1. The van der Waals surface area contributed by atoms with E-state index in [1.165, 1.54) is 0 Å². The topological polar surface area (TPSA) is 91.3 Å². The monoisotopic (exact) mass is 426 g/mol. The molecule has 1 fully saturated rings. The molecule has 7 nitrogen and oxygen atoms in total. The van der Waals surface area contributed by atoms with Crippen molar-refractivity contribution in [3.8, 4) is 28.4 Å². The first kappa shape index (κ1) is 21.0. The van der Waals surface area contributed by atoms with Gasteiger partial charge in [-0.15, -0.1) is 0 Å². The van der Waals surface area contributed by atoms with Crippen LogP contribution in [0, 0.1) is 5.41 Å². The predicted molar refractivity (Wildman–Crippen MR) is 113 cm³/mol. The molecule has 31 heavy (non-hydrogen) atoms. The Morgan fingerprint density at radius 3 is 2.55 bits per heavy atom. The van der Waals surface area contributed by atoms with Gasteiger partial charge < -0.3 is 24.1 Å². The van der Waals surface area contributed by atoms with Crippen molar-refractivity contribution >= 4 is 11.9 Å². The molecule has 0 unspecified atom stereocenters. The van der Waals surface area contributed by atoms with E-state index >= 15 is 0 Å². The Bertz CT molecular complexity index is 1010. The number of hydrogen-bond acceptors (Lipinski definition) is 6. The molecule has 2 aromatic rings. The summed E-state index contributed by atoms with van der Waals surface area (Å²) in [5.74, 6) is 0.581. The smallest absolute Gasteiger partial charge is 0.338 e. The Morgan fingerprint density at radius 2 is 1.87 bits per heavy atom. The van der Waals surface area contributed by atoms with Gasteiger partial charge in [0.1, 0.15) is 6.61 Å². The summed E-state index contributed by atoms with van der Waals surface area (Å²) in [4.78, 5) is 22.6. The fourth-order valence-corrected chi connectivity index (χ4v) is 4.05. The van der Waals surface area contributed by atoms with Gasteiger partial charge in [0.25, 0.3) is 0 Å². The number of cyclic esters (lactones) is 1. The highest BCUT2D eigenvalue weighted by molar-refractivity contribution is 5.94. The van der Waals surface area contributed by atoms with Gasteiger partial charge in [-0.05, 0) is 55.5 Å². The Hall–Kier alpha value is -3.22. The number of carbonyl (C=O) groups is 2. The average molecular weight is 426 g/mol. The molecule has 0 aromatic heterocycles. The van der Waals surface area contributed by atoms with Crippen LogP contribution in [0.3, 0.4) is 0 Å². The normalized spacial score (nSPS) is 15.7. The summed E-state index contributed by atoms with van der Waals surface area (Å²) >= 11 is 0. The molecule has 1 heterocycles. The predicted octanol–water partition coefficient (Wildman–Crippen LogP) is 4.46. The molecule has 4 rings (SSSR count). The highest BCUT2D eigenvalue weighted by Crippen LogP contribution is 2.52. The van der Waals surface area contributed by atoms with Crippen molar-refractivity contribution in [2.75, 3.05) is 20.8 Å². The van der Waals surface area contributed by atoms with Gasteiger partial charge in [-0.1, -0.05) is 6.07 Å². The number of fused-ring (bicyclic) bond motifs is 1. The number of ether oxygens (including phenoxy) is 4. The molecule has 0 radical (unpaired) electrons. The minimum atomic E-state index is -0.771. The van der Waals surface area contributed by atoms with Gasteiger partial charge in [0, 0.05) is 23.0 Å². The molecule has 0 saturated heterocycles. The lowest BCUT2D eigenvalue weighted by Gasteiger charge is -2.21. The molecular weight excluding hydrogens is 400 g/mol. The number of benzene rings is 2. The van der Waals surface area contributed by atoms with Crippen LogP contribution in [0.2, 0.25) is 0 Å². The third-order valence-corrected chi connectivity index (χ3v) is 6.07. The maximum absolute atomic E-state index is 11.8. The summed E-state index contributed by atoms with van der Waals surface area (Å²) in [5.41, 5.74) is 3.17. The van der Waals surface area contributed by atoms with Gasteiger partial charge in [0.2, 0.25) is 5.75 Å². The summed E-state index contributed by atoms with van der Waals surface area (Å²) in [7, 11) is 3.15. The van der Waals surface area contributed by atoms with E-state index in [9.17, 15) is 9.59 Å². The van der Waals surface area contributed by atoms with Gasteiger partial charge in [-0.2, -0.15) is 0 Å². The summed E-state index contributed by atoms with van der Waals surface area (Å²) in [6.45, 7) is 0.744.